The fourth-order valence-corrected chi connectivity index (χ4v) is 3.52. The zero-order valence-electron chi connectivity index (χ0n) is 14.6. The predicted octanol–water partition coefficient (Wildman–Crippen LogP) is 1.55. The van der Waals surface area contributed by atoms with Crippen LogP contribution in [0.1, 0.15) is 25.7 Å². The lowest BCUT2D eigenvalue weighted by Gasteiger charge is -2.37. The molecule has 1 aliphatic heterocycles. The third kappa shape index (κ3) is 3.50. The quantitative estimate of drug-likeness (QED) is 0.823. The van der Waals surface area contributed by atoms with E-state index < -0.39 is 0 Å². The molecule has 2 aromatic rings. The van der Waals surface area contributed by atoms with Crippen LogP contribution >= 0.6 is 0 Å². The second-order valence-corrected chi connectivity index (χ2v) is 7.05. The second-order valence-electron chi connectivity index (χ2n) is 7.05. The van der Waals surface area contributed by atoms with Gasteiger partial charge in [-0.2, -0.15) is 0 Å². The molecule has 1 saturated heterocycles. The second kappa shape index (κ2) is 6.82. The molecular formula is C18H24N6O. The van der Waals surface area contributed by atoms with Gasteiger partial charge in [0, 0.05) is 51.3 Å². The molecule has 7 heteroatoms. The van der Waals surface area contributed by atoms with Crippen LogP contribution in [0.4, 0.5) is 11.6 Å². The fourth-order valence-electron chi connectivity index (χ4n) is 3.52. The van der Waals surface area contributed by atoms with Crippen LogP contribution in [-0.4, -0.2) is 45.7 Å². The smallest absolute Gasteiger partial charge is 0.293 e. The van der Waals surface area contributed by atoms with E-state index in [0.29, 0.717) is 17.8 Å². The molecule has 3 heterocycles. The van der Waals surface area contributed by atoms with Crippen LogP contribution in [-0.2, 0) is 6.54 Å². The van der Waals surface area contributed by atoms with Crippen molar-refractivity contribution in [2.75, 3.05) is 29.9 Å². The van der Waals surface area contributed by atoms with Crippen LogP contribution in [0.2, 0.25) is 0 Å². The van der Waals surface area contributed by atoms with Gasteiger partial charge in [0.15, 0.2) is 5.82 Å². The third-order valence-electron chi connectivity index (χ3n) is 5.29. The van der Waals surface area contributed by atoms with Crippen molar-refractivity contribution in [3.05, 3.63) is 41.3 Å². The van der Waals surface area contributed by atoms with Crippen molar-refractivity contribution < 1.29 is 0 Å². The molecule has 1 saturated carbocycles. The molecule has 0 atom stereocenters. The van der Waals surface area contributed by atoms with Crippen LogP contribution in [0.15, 0.2) is 35.8 Å². The summed E-state index contributed by atoms with van der Waals surface area (Å²) in [7, 11) is 2.08. The van der Waals surface area contributed by atoms with Crippen LogP contribution < -0.4 is 15.4 Å². The maximum atomic E-state index is 12.7. The Morgan fingerprint density at radius 3 is 2.64 bits per heavy atom. The topological polar surface area (TPSA) is 67.2 Å². The van der Waals surface area contributed by atoms with Gasteiger partial charge in [-0.25, -0.2) is 15.0 Å². The largest absolute Gasteiger partial charge is 0.356 e. The first-order valence-corrected chi connectivity index (χ1v) is 9.01. The van der Waals surface area contributed by atoms with Gasteiger partial charge in [-0.15, -0.1) is 0 Å². The molecule has 0 unspecified atom stereocenters. The van der Waals surface area contributed by atoms with Crippen molar-refractivity contribution in [1.29, 1.82) is 0 Å². The Bertz CT molecular complexity index is 765. The summed E-state index contributed by atoms with van der Waals surface area (Å²) < 4.78 is 1.83. The van der Waals surface area contributed by atoms with Gasteiger partial charge in [-0.3, -0.25) is 4.79 Å². The summed E-state index contributed by atoms with van der Waals surface area (Å²) in [4.78, 5) is 29.7. The maximum absolute atomic E-state index is 12.7. The Kier molecular flexibility index (Phi) is 4.38. The molecule has 132 valence electrons. The van der Waals surface area contributed by atoms with Gasteiger partial charge < -0.3 is 14.4 Å². The van der Waals surface area contributed by atoms with Crippen LogP contribution in [0.5, 0.6) is 0 Å². The molecule has 0 aromatic carbocycles. The summed E-state index contributed by atoms with van der Waals surface area (Å²) in [5, 5.41) is 0. The minimum atomic E-state index is 0.0528. The lowest BCUT2D eigenvalue weighted by Crippen LogP contribution is -2.46. The normalized spacial score (nSPS) is 18.4. The molecule has 0 radical (unpaired) electrons. The third-order valence-corrected chi connectivity index (χ3v) is 5.29. The number of anilines is 2. The van der Waals surface area contributed by atoms with Gasteiger partial charge in [-0.05, 0) is 37.7 Å². The van der Waals surface area contributed by atoms with Crippen LogP contribution in [0.3, 0.4) is 0 Å². The summed E-state index contributed by atoms with van der Waals surface area (Å²) in [6.45, 7) is 2.52. The Balaban J connectivity index is 1.42. The lowest BCUT2D eigenvalue weighted by atomic mass is 10.0. The number of rotatable bonds is 5. The van der Waals surface area contributed by atoms with Gasteiger partial charge in [0.1, 0.15) is 12.1 Å². The highest BCUT2D eigenvalue weighted by atomic mass is 16.1. The monoisotopic (exact) mass is 340 g/mol. The molecule has 4 rings (SSSR count). The van der Waals surface area contributed by atoms with Gasteiger partial charge in [0.05, 0.1) is 0 Å². The Labute approximate surface area is 147 Å². The van der Waals surface area contributed by atoms with Crippen molar-refractivity contribution in [1.82, 2.24) is 19.5 Å². The first-order chi connectivity index (χ1) is 12.2. The molecule has 0 spiro atoms. The highest BCUT2D eigenvalue weighted by molar-refractivity contribution is 5.40. The van der Waals surface area contributed by atoms with Crippen molar-refractivity contribution >= 4 is 11.6 Å². The van der Waals surface area contributed by atoms with Gasteiger partial charge in [0.25, 0.3) is 5.56 Å². The number of piperidine rings is 1. The molecule has 2 fully saturated rings. The van der Waals surface area contributed by atoms with Gasteiger partial charge in [0.2, 0.25) is 0 Å². The maximum Gasteiger partial charge on any atom is 0.293 e. The summed E-state index contributed by atoms with van der Waals surface area (Å²) in [5.74, 6) is 2.23. The van der Waals surface area contributed by atoms with E-state index in [9.17, 15) is 4.79 Å². The minimum Gasteiger partial charge on any atom is -0.356 e. The fraction of sp³-hybridized carbons (Fsp3) is 0.556. The summed E-state index contributed by atoms with van der Waals surface area (Å²) in [6.07, 6.45) is 11.4. The van der Waals surface area contributed by atoms with E-state index >= 15 is 0 Å². The van der Waals surface area contributed by atoms with E-state index in [2.05, 4.69) is 31.8 Å². The van der Waals surface area contributed by atoms with Crippen molar-refractivity contribution in [2.24, 2.45) is 5.92 Å². The van der Waals surface area contributed by atoms with Crippen molar-refractivity contribution in [2.45, 2.75) is 38.3 Å². The molecule has 2 aromatic heterocycles. The lowest BCUT2D eigenvalue weighted by molar-refractivity contribution is 0.475. The Morgan fingerprint density at radius 1 is 1.16 bits per heavy atom. The first kappa shape index (κ1) is 16.1. The van der Waals surface area contributed by atoms with Gasteiger partial charge in [-0.1, -0.05) is 0 Å². The van der Waals surface area contributed by atoms with E-state index in [-0.39, 0.29) is 5.56 Å². The Morgan fingerprint density at radius 2 is 1.96 bits per heavy atom. The standard InChI is InChI=1S/C18H24N6O/c1-22(16-4-7-19-13-21-16)15-5-9-23(10-6-15)17-18(25)24(11-8-20-17)12-14-2-3-14/h4,7-8,11,13-15H,2-3,5-6,9-10,12H2,1H3. The van der Waals surface area contributed by atoms with Gasteiger partial charge >= 0.3 is 0 Å². The molecular weight excluding hydrogens is 316 g/mol. The SMILES string of the molecule is CN(c1ccncn1)C1CCN(c2nccn(CC3CC3)c2=O)CC1. The average molecular weight is 340 g/mol. The number of nitrogens with zero attached hydrogens (tertiary/aromatic N) is 6. The highest BCUT2D eigenvalue weighted by Gasteiger charge is 2.27. The molecule has 1 aliphatic carbocycles. The van der Waals surface area contributed by atoms with E-state index in [1.165, 1.54) is 12.8 Å². The predicted molar refractivity (Wildman–Crippen MR) is 96.9 cm³/mol. The molecule has 0 bridgehead atoms. The van der Waals surface area contributed by atoms with E-state index in [1.54, 1.807) is 18.7 Å². The minimum absolute atomic E-state index is 0.0528. The zero-order valence-corrected chi connectivity index (χ0v) is 14.6. The molecule has 0 amide bonds. The van der Waals surface area contributed by atoms with Crippen LogP contribution in [0.25, 0.3) is 0 Å². The molecule has 25 heavy (non-hydrogen) atoms. The highest BCUT2D eigenvalue weighted by Crippen LogP contribution is 2.30. The van der Waals surface area contributed by atoms with E-state index in [0.717, 1.165) is 38.3 Å². The number of hydrogen-bond acceptors (Lipinski definition) is 6. The summed E-state index contributed by atoms with van der Waals surface area (Å²) in [6, 6.07) is 2.35. The zero-order chi connectivity index (χ0) is 17.2. The summed E-state index contributed by atoms with van der Waals surface area (Å²) >= 11 is 0. The molecule has 2 aliphatic rings. The molecule has 7 nitrogen and oxygen atoms in total. The van der Waals surface area contributed by atoms with Crippen molar-refractivity contribution in [3.63, 3.8) is 0 Å². The average Bonchev–Trinajstić information content (AvgIpc) is 3.48. The number of hydrogen-bond donors (Lipinski definition) is 0. The number of aromatic nitrogens is 4. The van der Waals surface area contributed by atoms with Crippen molar-refractivity contribution in [3.8, 4) is 0 Å². The summed E-state index contributed by atoms with van der Waals surface area (Å²) in [5.41, 5.74) is 0.0528. The molecule has 0 N–H and O–H groups in total. The van der Waals surface area contributed by atoms with E-state index in [1.807, 2.05) is 16.8 Å². The Hall–Kier alpha value is -2.44. The van der Waals surface area contributed by atoms with E-state index in [4.69, 9.17) is 0 Å². The first-order valence-electron chi connectivity index (χ1n) is 9.01. The van der Waals surface area contributed by atoms with Crippen LogP contribution in [0, 0.1) is 5.92 Å².